The Hall–Kier alpha value is -1.98. The summed E-state index contributed by atoms with van der Waals surface area (Å²) in [5, 5.41) is 20.8. The van der Waals surface area contributed by atoms with Crippen LogP contribution >= 0.6 is 0 Å². The van der Waals surface area contributed by atoms with Gasteiger partial charge in [0.2, 0.25) is 0 Å². The Kier molecular flexibility index (Phi) is 5.66. The number of ether oxygens (including phenoxy) is 1. The van der Waals surface area contributed by atoms with Crippen molar-refractivity contribution >= 4 is 0 Å². The van der Waals surface area contributed by atoms with E-state index in [9.17, 15) is 5.11 Å². The lowest BCUT2D eigenvalue weighted by atomic mass is 10.1. The molecule has 0 radical (unpaired) electrons. The number of nitrogens with zero attached hydrogens (tertiary/aromatic N) is 2. The average Bonchev–Trinajstić information content (AvgIpc) is 2.48. The average molecular weight is 287 g/mol. The molecule has 0 aliphatic carbocycles. The summed E-state index contributed by atoms with van der Waals surface area (Å²) in [5.41, 5.74) is 3.00. The maximum Gasteiger partial charge on any atom is 0.125 e. The molecule has 21 heavy (non-hydrogen) atoms. The molecule has 2 N–H and O–H groups in total. The van der Waals surface area contributed by atoms with E-state index in [1.54, 1.807) is 6.20 Å². The van der Waals surface area contributed by atoms with Crippen LogP contribution in [0, 0.1) is 13.8 Å². The molecule has 1 unspecified atom stereocenters. The van der Waals surface area contributed by atoms with E-state index in [0.29, 0.717) is 13.1 Å². The fourth-order valence-corrected chi connectivity index (χ4v) is 2.06. The zero-order chi connectivity index (χ0) is 15.1. The topological polar surface area (TPSA) is 67.3 Å². The van der Waals surface area contributed by atoms with E-state index in [-0.39, 0.29) is 6.61 Å². The highest BCUT2D eigenvalue weighted by Gasteiger charge is 2.08. The highest BCUT2D eigenvalue weighted by molar-refractivity contribution is 5.39. The highest BCUT2D eigenvalue weighted by atomic mass is 16.5. The second-order valence-corrected chi connectivity index (χ2v) is 5.03. The fourth-order valence-electron chi connectivity index (χ4n) is 2.06. The largest absolute Gasteiger partial charge is 0.490 e. The van der Waals surface area contributed by atoms with Gasteiger partial charge in [-0.25, -0.2) is 0 Å². The Bertz CT molecular complexity index is 540. The predicted molar refractivity (Wildman–Crippen MR) is 81.2 cm³/mol. The minimum Gasteiger partial charge on any atom is -0.490 e. The van der Waals surface area contributed by atoms with Crippen LogP contribution in [0.4, 0.5) is 0 Å². The first-order chi connectivity index (χ1) is 10.2. The molecule has 0 aliphatic rings. The van der Waals surface area contributed by atoms with Gasteiger partial charge in [0.1, 0.15) is 18.5 Å². The van der Waals surface area contributed by atoms with Crippen LogP contribution in [0.1, 0.15) is 16.8 Å². The van der Waals surface area contributed by atoms with Crippen LogP contribution in [0.25, 0.3) is 0 Å². The molecule has 0 bridgehead atoms. The van der Waals surface area contributed by atoms with Crippen molar-refractivity contribution in [2.24, 2.45) is 0 Å². The van der Waals surface area contributed by atoms with Crippen LogP contribution in [0.5, 0.6) is 5.75 Å². The van der Waals surface area contributed by atoms with E-state index in [0.717, 1.165) is 22.6 Å². The second-order valence-electron chi connectivity index (χ2n) is 5.03. The van der Waals surface area contributed by atoms with Crippen molar-refractivity contribution in [3.05, 3.63) is 53.3 Å². The van der Waals surface area contributed by atoms with Gasteiger partial charge in [-0.15, -0.1) is 0 Å². The molecule has 1 heterocycles. The molecule has 1 aromatic carbocycles. The van der Waals surface area contributed by atoms with Gasteiger partial charge in [-0.2, -0.15) is 10.2 Å². The van der Waals surface area contributed by atoms with Gasteiger partial charge in [0.05, 0.1) is 5.69 Å². The molecule has 1 atom stereocenters. The Morgan fingerprint density at radius 3 is 2.62 bits per heavy atom. The lowest BCUT2D eigenvalue weighted by Crippen LogP contribution is -2.31. The molecule has 0 spiro atoms. The van der Waals surface area contributed by atoms with Crippen LogP contribution in [0.3, 0.4) is 0 Å². The molecule has 5 nitrogen and oxygen atoms in total. The molecule has 1 aromatic heterocycles. The van der Waals surface area contributed by atoms with Gasteiger partial charge in [-0.05, 0) is 37.1 Å². The van der Waals surface area contributed by atoms with Gasteiger partial charge in [0.25, 0.3) is 0 Å². The summed E-state index contributed by atoms with van der Waals surface area (Å²) in [5.74, 6) is 0.852. The third-order valence-electron chi connectivity index (χ3n) is 3.14. The van der Waals surface area contributed by atoms with Crippen molar-refractivity contribution in [3.63, 3.8) is 0 Å². The quantitative estimate of drug-likeness (QED) is 0.810. The first-order valence-electron chi connectivity index (χ1n) is 7.01. The number of aliphatic hydroxyl groups is 1. The predicted octanol–water partition coefficient (Wildman–Crippen LogP) is 1.62. The van der Waals surface area contributed by atoms with E-state index in [1.807, 2.05) is 44.2 Å². The van der Waals surface area contributed by atoms with Crippen LogP contribution in [0.2, 0.25) is 0 Å². The number of aliphatic hydroxyl groups excluding tert-OH is 1. The smallest absolute Gasteiger partial charge is 0.125 e. The highest BCUT2D eigenvalue weighted by Crippen LogP contribution is 2.22. The minimum atomic E-state index is -0.569. The van der Waals surface area contributed by atoms with Gasteiger partial charge in [0, 0.05) is 19.3 Å². The summed E-state index contributed by atoms with van der Waals surface area (Å²) in [4.78, 5) is 0. The number of hydrogen-bond donors (Lipinski definition) is 2. The van der Waals surface area contributed by atoms with E-state index < -0.39 is 6.10 Å². The minimum absolute atomic E-state index is 0.263. The Morgan fingerprint density at radius 2 is 1.95 bits per heavy atom. The SMILES string of the molecule is Cc1cccc(C)c1OCC(O)CNCc1cccnn1. The maximum absolute atomic E-state index is 9.95. The monoisotopic (exact) mass is 287 g/mol. The molecule has 0 aliphatic heterocycles. The number of nitrogens with one attached hydrogen (secondary N) is 1. The van der Waals surface area contributed by atoms with Gasteiger partial charge < -0.3 is 15.2 Å². The van der Waals surface area contributed by atoms with Gasteiger partial charge >= 0.3 is 0 Å². The summed E-state index contributed by atoms with van der Waals surface area (Å²) in [7, 11) is 0. The standard InChI is InChI=1S/C16H21N3O2/c1-12-5-3-6-13(2)16(12)21-11-15(20)10-17-9-14-7-4-8-18-19-14/h3-8,15,17,20H,9-11H2,1-2H3. The second kappa shape index (κ2) is 7.71. The van der Waals surface area contributed by atoms with E-state index >= 15 is 0 Å². The van der Waals surface area contributed by atoms with Crippen molar-refractivity contribution in [2.45, 2.75) is 26.5 Å². The number of hydrogen-bond acceptors (Lipinski definition) is 5. The lowest BCUT2D eigenvalue weighted by molar-refractivity contribution is 0.105. The number of aromatic nitrogens is 2. The maximum atomic E-state index is 9.95. The third kappa shape index (κ3) is 4.81. The van der Waals surface area contributed by atoms with Crippen molar-refractivity contribution in [1.29, 1.82) is 0 Å². The molecule has 112 valence electrons. The molecule has 2 rings (SSSR count). The summed E-state index contributed by atoms with van der Waals surface area (Å²) < 4.78 is 5.71. The summed E-state index contributed by atoms with van der Waals surface area (Å²) in [6.07, 6.45) is 1.07. The number of rotatable bonds is 7. The Morgan fingerprint density at radius 1 is 1.19 bits per heavy atom. The normalized spacial score (nSPS) is 12.1. The zero-order valence-electron chi connectivity index (χ0n) is 12.4. The molecular weight excluding hydrogens is 266 g/mol. The molecule has 0 fully saturated rings. The summed E-state index contributed by atoms with van der Waals surface area (Å²) in [6.45, 7) is 5.29. The van der Waals surface area contributed by atoms with Crippen LogP contribution < -0.4 is 10.1 Å². The van der Waals surface area contributed by atoms with Crippen molar-refractivity contribution in [2.75, 3.05) is 13.2 Å². The fraction of sp³-hybridized carbons (Fsp3) is 0.375. The third-order valence-corrected chi connectivity index (χ3v) is 3.14. The zero-order valence-corrected chi connectivity index (χ0v) is 12.4. The van der Waals surface area contributed by atoms with Crippen LogP contribution in [-0.2, 0) is 6.54 Å². The molecular formula is C16H21N3O2. The molecule has 2 aromatic rings. The van der Waals surface area contributed by atoms with Crippen molar-refractivity contribution in [1.82, 2.24) is 15.5 Å². The summed E-state index contributed by atoms with van der Waals surface area (Å²) in [6, 6.07) is 9.72. The summed E-state index contributed by atoms with van der Waals surface area (Å²) >= 11 is 0. The molecule has 5 heteroatoms. The number of aryl methyl sites for hydroxylation is 2. The number of benzene rings is 1. The van der Waals surface area contributed by atoms with Gasteiger partial charge in [0.15, 0.2) is 0 Å². The van der Waals surface area contributed by atoms with Crippen molar-refractivity contribution < 1.29 is 9.84 Å². The lowest BCUT2D eigenvalue weighted by Gasteiger charge is -2.16. The van der Waals surface area contributed by atoms with E-state index in [1.165, 1.54) is 0 Å². The van der Waals surface area contributed by atoms with Crippen molar-refractivity contribution in [3.8, 4) is 5.75 Å². The Labute approximate surface area is 125 Å². The van der Waals surface area contributed by atoms with Gasteiger partial charge in [-0.3, -0.25) is 0 Å². The molecule has 0 amide bonds. The van der Waals surface area contributed by atoms with E-state index in [2.05, 4.69) is 15.5 Å². The first-order valence-corrected chi connectivity index (χ1v) is 7.01. The first kappa shape index (κ1) is 15.4. The number of para-hydroxylation sites is 1. The van der Waals surface area contributed by atoms with Gasteiger partial charge in [-0.1, -0.05) is 18.2 Å². The Balaban J connectivity index is 1.74. The molecule has 0 saturated heterocycles. The van der Waals surface area contributed by atoms with Crippen LogP contribution in [0.15, 0.2) is 36.5 Å². The van der Waals surface area contributed by atoms with E-state index in [4.69, 9.17) is 4.74 Å². The molecule has 0 saturated carbocycles. The van der Waals surface area contributed by atoms with Crippen LogP contribution in [-0.4, -0.2) is 34.6 Å².